The highest BCUT2D eigenvalue weighted by atomic mass is 16.4. The molecule has 0 aliphatic carbocycles. The Bertz CT molecular complexity index is 698. The smallest absolute Gasteiger partial charge is 0.306 e. The first kappa shape index (κ1) is 54.1. The molecule has 2 unspecified atom stereocenters. The normalized spacial score (nSPS) is 12.4. The molecular weight excluding hydrogens is 648 g/mol. The van der Waals surface area contributed by atoms with Crippen LogP contribution in [0, 0.1) is 17.8 Å². The van der Waals surface area contributed by atoms with Gasteiger partial charge in [0.25, 0.3) is 0 Å². The number of aliphatic carboxylic acids is 2. The van der Waals surface area contributed by atoms with Crippen LogP contribution in [0.15, 0.2) is 0 Å². The van der Waals surface area contributed by atoms with E-state index >= 15 is 0 Å². The minimum Gasteiger partial charge on any atom is -0.481 e. The molecule has 7 N–H and O–H groups in total. The van der Waals surface area contributed by atoms with E-state index in [-0.39, 0.29) is 26.2 Å². The summed E-state index contributed by atoms with van der Waals surface area (Å²) >= 11 is 0. The number of hydrogen-bond acceptors (Lipinski definition) is 7. The van der Waals surface area contributed by atoms with E-state index in [1.165, 1.54) is 135 Å². The Morgan fingerprint density at radius 2 is 0.686 bits per heavy atom. The summed E-state index contributed by atoms with van der Waals surface area (Å²) in [6.45, 7) is 8.11. The highest BCUT2D eigenvalue weighted by molar-refractivity contribution is 5.69. The van der Waals surface area contributed by atoms with Crippen molar-refractivity contribution in [3.8, 4) is 0 Å². The first-order chi connectivity index (χ1) is 24.4. The number of carboxylic acid groups (broad SMARTS) is 2. The molecule has 308 valence electrons. The third-order valence-corrected chi connectivity index (χ3v) is 9.29. The van der Waals surface area contributed by atoms with Crippen LogP contribution < -0.4 is 0 Å². The van der Waals surface area contributed by atoms with Gasteiger partial charge in [-0.25, -0.2) is 0 Å². The maximum atomic E-state index is 11.1. The summed E-state index contributed by atoms with van der Waals surface area (Å²) in [6, 6.07) is 0. The molecule has 9 nitrogen and oxygen atoms in total. The van der Waals surface area contributed by atoms with E-state index in [9.17, 15) is 14.7 Å². The van der Waals surface area contributed by atoms with Gasteiger partial charge in [0.2, 0.25) is 0 Å². The number of carbonyl (C=O) groups is 2. The maximum absolute atomic E-state index is 11.1. The lowest BCUT2D eigenvalue weighted by Gasteiger charge is -2.15. The van der Waals surface area contributed by atoms with Gasteiger partial charge >= 0.3 is 11.9 Å². The third kappa shape index (κ3) is 50.9. The molecule has 0 bridgehead atoms. The number of carboxylic acids is 2. The molecule has 0 aromatic heterocycles. The zero-order valence-corrected chi connectivity index (χ0v) is 33.8. The molecule has 0 rings (SSSR count). The first-order valence-corrected chi connectivity index (χ1v) is 21.0. The van der Waals surface area contributed by atoms with Crippen molar-refractivity contribution in [2.45, 2.75) is 220 Å². The molecule has 51 heavy (non-hydrogen) atoms. The molecule has 0 fully saturated rings. The van der Waals surface area contributed by atoms with Gasteiger partial charge in [0, 0.05) is 6.42 Å². The Kier molecular flexibility index (Phi) is 45.8. The van der Waals surface area contributed by atoms with E-state index < -0.39 is 30.1 Å². The number of aliphatic hydroxyl groups is 5. The van der Waals surface area contributed by atoms with Crippen LogP contribution in [0.2, 0.25) is 0 Å². The summed E-state index contributed by atoms with van der Waals surface area (Å²) in [5.41, 5.74) is 0. The van der Waals surface area contributed by atoms with Gasteiger partial charge < -0.3 is 35.7 Å². The number of unbranched alkanes of at least 4 members (excludes halogenated alkanes) is 21. The lowest BCUT2D eigenvalue weighted by molar-refractivity contribution is -0.143. The van der Waals surface area contributed by atoms with Gasteiger partial charge in [-0.1, -0.05) is 182 Å². The van der Waals surface area contributed by atoms with Crippen molar-refractivity contribution in [3.63, 3.8) is 0 Å². The second-order valence-electron chi connectivity index (χ2n) is 15.6. The molecule has 2 atom stereocenters. The lowest BCUT2D eigenvalue weighted by atomic mass is 9.94. The number of aliphatic hydroxyl groups excluding tert-OH is 5. The predicted molar refractivity (Wildman–Crippen MR) is 211 cm³/mol. The summed E-state index contributed by atoms with van der Waals surface area (Å²) < 4.78 is 0. The van der Waals surface area contributed by atoms with Gasteiger partial charge in [-0.15, -0.1) is 0 Å². The van der Waals surface area contributed by atoms with Crippen LogP contribution in [0.25, 0.3) is 0 Å². The average molecular weight is 735 g/mol. The van der Waals surface area contributed by atoms with E-state index in [1.54, 1.807) is 0 Å². The predicted octanol–water partition coefficient (Wildman–Crippen LogP) is 9.68. The van der Waals surface area contributed by atoms with Gasteiger partial charge in [0.15, 0.2) is 0 Å². The Labute approximate surface area is 314 Å². The van der Waals surface area contributed by atoms with Crippen LogP contribution in [-0.2, 0) is 9.59 Å². The van der Waals surface area contributed by atoms with E-state index in [0.717, 1.165) is 37.5 Å². The molecule has 9 heteroatoms. The van der Waals surface area contributed by atoms with Crippen LogP contribution in [0.5, 0.6) is 0 Å². The molecule has 0 aromatic rings. The fourth-order valence-electron chi connectivity index (χ4n) is 5.93. The van der Waals surface area contributed by atoms with Crippen LogP contribution in [0.3, 0.4) is 0 Å². The Hall–Kier alpha value is -1.26. The lowest BCUT2D eigenvalue weighted by Crippen LogP contribution is -2.23. The molecule has 0 radical (unpaired) electrons. The molecule has 0 spiro atoms. The molecule has 0 saturated carbocycles. The second kappa shape index (κ2) is 43.1. The molecule has 0 aliphatic heterocycles. The van der Waals surface area contributed by atoms with Crippen LogP contribution in [0.4, 0.5) is 0 Å². The van der Waals surface area contributed by atoms with Gasteiger partial charge in [-0.2, -0.15) is 0 Å². The van der Waals surface area contributed by atoms with Gasteiger partial charge in [-0.3, -0.25) is 9.59 Å². The fourth-order valence-corrected chi connectivity index (χ4v) is 5.93. The van der Waals surface area contributed by atoms with Crippen molar-refractivity contribution >= 4 is 11.9 Å². The van der Waals surface area contributed by atoms with Crippen molar-refractivity contribution in [2.24, 2.45) is 17.8 Å². The van der Waals surface area contributed by atoms with Crippen molar-refractivity contribution in [1.29, 1.82) is 0 Å². The molecule has 0 aliphatic rings. The molecule has 0 saturated heterocycles. The fraction of sp³-hybridized carbons (Fsp3) is 0.952. The quantitative estimate of drug-likeness (QED) is 0.0313. The SMILES string of the molecule is CC(C)CCCCCCCCCCCCCC(CC(O)CO)C(=O)O.CC(C)CCCCCCCCCCCCCCC(=O)O.OCC(O)CO. The Morgan fingerprint density at radius 3 is 0.922 bits per heavy atom. The van der Waals surface area contributed by atoms with Gasteiger partial charge in [0.1, 0.15) is 6.10 Å². The van der Waals surface area contributed by atoms with Crippen molar-refractivity contribution in [3.05, 3.63) is 0 Å². The number of rotatable bonds is 35. The first-order valence-electron chi connectivity index (χ1n) is 21.0. The van der Waals surface area contributed by atoms with E-state index in [0.29, 0.717) is 12.8 Å². The maximum Gasteiger partial charge on any atom is 0.306 e. The largest absolute Gasteiger partial charge is 0.481 e. The summed E-state index contributed by atoms with van der Waals surface area (Å²) in [5.74, 6) is -0.340. The summed E-state index contributed by atoms with van der Waals surface area (Å²) in [5, 5.41) is 59.9. The molecule has 0 heterocycles. The minimum absolute atomic E-state index is 0.156. The van der Waals surface area contributed by atoms with E-state index in [4.69, 9.17) is 30.6 Å². The van der Waals surface area contributed by atoms with Gasteiger partial charge in [0.05, 0.1) is 31.8 Å². The average Bonchev–Trinajstić information content (AvgIpc) is 3.09. The summed E-state index contributed by atoms with van der Waals surface area (Å²) in [4.78, 5) is 21.5. The molecule has 0 aromatic carbocycles. The highest BCUT2D eigenvalue weighted by Gasteiger charge is 2.20. The van der Waals surface area contributed by atoms with Crippen LogP contribution in [-0.4, -0.2) is 79.7 Å². The van der Waals surface area contributed by atoms with Crippen LogP contribution >= 0.6 is 0 Å². The van der Waals surface area contributed by atoms with Crippen molar-refractivity contribution < 1.29 is 45.3 Å². The zero-order chi connectivity index (χ0) is 39.0. The molecule has 0 amide bonds. The standard InChI is InChI=1S/C21H42O4.C18H36O2.C3H8O3/c1-18(2)14-12-10-8-6-4-3-5-7-9-11-13-15-19(21(24)25)16-20(23)17-22;1-17(2)15-13-11-9-7-5-3-4-6-8-10-12-14-16-18(19)20;4-1-3(6)2-5/h18-20,22-23H,3-17H2,1-2H3,(H,24,25);17H,3-16H2,1-2H3,(H,19,20);3-6H,1-2H2. The number of hydrogen-bond donors (Lipinski definition) is 7. The Balaban J connectivity index is -0.000000791. The Morgan fingerprint density at radius 1 is 0.412 bits per heavy atom. The van der Waals surface area contributed by atoms with Crippen molar-refractivity contribution in [2.75, 3.05) is 19.8 Å². The van der Waals surface area contributed by atoms with Crippen LogP contribution in [0.1, 0.15) is 207 Å². The second-order valence-corrected chi connectivity index (χ2v) is 15.6. The minimum atomic E-state index is -0.954. The summed E-state index contributed by atoms with van der Waals surface area (Å²) in [6.07, 6.45) is 31.4. The highest BCUT2D eigenvalue weighted by Crippen LogP contribution is 2.19. The molecular formula is C42H86O9. The van der Waals surface area contributed by atoms with E-state index in [1.807, 2.05) is 0 Å². The third-order valence-electron chi connectivity index (χ3n) is 9.29. The topological polar surface area (TPSA) is 176 Å². The van der Waals surface area contributed by atoms with Crippen molar-refractivity contribution in [1.82, 2.24) is 0 Å². The summed E-state index contributed by atoms with van der Waals surface area (Å²) in [7, 11) is 0. The van der Waals surface area contributed by atoms with E-state index in [2.05, 4.69) is 27.7 Å². The zero-order valence-electron chi connectivity index (χ0n) is 33.8. The van der Waals surface area contributed by atoms with Gasteiger partial charge in [-0.05, 0) is 31.1 Å². The monoisotopic (exact) mass is 735 g/mol.